The molecule has 0 aliphatic carbocycles. The number of likely N-dealkylation sites (tertiary alicyclic amines) is 1. The zero-order chi connectivity index (χ0) is 34.9. The summed E-state index contributed by atoms with van der Waals surface area (Å²) in [7, 11) is 0. The molecule has 258 valence electrons. The Hall–Kier alpha value is -5.56. The van der Waals surface area contributed by atoms with Gasteiger partial charge in [-0.2, -0.15) is 0 Å². The Bertz CT molecular complexity index is 1980. The third-order valence-electron chi connectivity index (χ3n) is 8.77. The van der Waals surface area contributed by atoms with Crippen molar-refractivity contribution in [3.05, 3.63) is 124 Å². The van der Waals surface area contributed by atoms with Crippen molar-refractivity contribution in [3.63, 3.8) is 0 Å². The predicted molar refractivity (Wildman–Crippen MR) is 191 cm³/mol. The highest BCUT2D eigenvalue weighted by atomic mass is 16.6. The first-order valence-corrected chi connectivity index (χ1v) is 16.7. The van der Waals surface area contributed by atoms with Gasteiger partial charge in [0.2, 0.25) is 5.56 Å². The minimum absolute atomic E-state index is 0.0645. The molecule has 0 unspecified atom stereocenters. The molecule has 12 heteroatoms. The number of phenols is 1. The van der Waals surface area contributed by atoms with Gasteiger partial charge in [-0.05, 0) is 54.3 Å². The maximum atomic E-state index is 12.7. The van der Waals surface area contributed by atoms with Crippen LogP contribution in [0, 0.1) is 0 Å². The molecule has 6 N–H and O–H groups in total. The standard InChI is InChI=1S/C38H40N6O6/c45-33-14-12-30(31-13-15-35(47)43-36(31)33)34(46)24-39-23-27-11-10-26(22-41-27)37(48)40-18-21-44-19-16-28(17-20-44)50-38(49)42-32-9-5-4-8-29(32)25-6-2-1-3-7-25/h1-15,22,28,34,39,45-46H,16-21,23-24H2,(H,40,48)(H,42,49)(H,43,47)/t34-/m1/s1. The van der Waals surface area contributed by atoms with Crippen LogP contribution < -0.4 is 21.5 Å². The van der Waals surface area contributed by atoms with Crippen molar-refractivity contribution in [3.8, 4) is 16.9 Å². The molecule has 0 spiro atoms. The zero-order valence-corrected chi connectivity index (χ0v) is 27.5. The van der Waals surface area contributed by atoms with Gasteiger partial charge in [-0.15, -0.1) is 0 Å². The molecule has 3 aromatic carbocycles. The fourth-order valence-corrected chi connectivity index (χ4v) is 6.09. The molecule has 2 aromatic heterocycles. The number of amides is 2. The van der Waals surface area contributed by atoms with E-state index in [9.17, 15) is 24.6 Å². The minimum atomic E-state index is -0.889. The third-order valence-corrected chi connectivity index (χ3v) is 8.77. The Labute approximate surface area is 289 Å². The summed E-state index contributed by atoms with van der Waals surface area (Å²) in [6.45, 7) is 3.25. The minimum Gasteiger partial charge on any atom is -0.506 e. The zero-order valence-electron chi connectivity index (χ0n) is 27.5. The lowest BCUT2D eigenvalue weighted by Crippen LogP contribution is -2.42. The van der Waals surface area contributed by atoms with Crippen LogP contribution in [0.25, 0.3) is 22.0 Å². The molecule has 1 saturated heterocycles. The van der Waals surface area contributed by atoms with Crippen LogP contribution in [0.1, 0.15) is 40.6 Å². The number of aromatic amines is 1. The van der Waals surface area contributed by atoms with Crippen LogP contribution in [-0.2, 0) is 11.3 Å². The van der Waals surface area contributed by atoms with E-state index in [0.717, 1.165) is 24.2 Å². The van der Waals surface area contributed by atoms with Crippen LogP contribution in [-0.4, -0.2) is 75.9 Å². The number of H-pyrrole nitrogens is 1. The number of ether oxygens (including phenoxy) is 1. The van der Waals surface area contributed by atoms with E-state index in [-0.39, 0.29) is 35.4 Å². The molecule has 6 rings (SSSR count). The molecule has 1 aliphatic rings. The number of piperidine rings is 1. The molecule has 0 radical (unpaired) electrons. The largest absolute Gasteiger partial charge is 0.506 e. The molecule has 12 nitrogen and oxygen atoms in total. The van der Waals surface area contributed by atoms with Gasteiger partial charge in [-0.3, -0.25) is 19.9 Å². The van der Waals surface area contributed by atoms with Gasteiger partial charge in [0, 0.05) is 62.5 Å². The quantitative estimate of drug-likeness (QED) is 0.111. The second kappa shape index (κ2) is 16.2. The van der Waals surface area contributed by atoms with Gasteiger partial charge in [0.1, 0.15) is 11.9 Å². The second-order valence-electron chi connectivity index (χ2n) is 12.2. The number of carbonyl (C=O) groups is 2. The molecule has 3 heterocycles. The van der Waals surface area contributed by atoms with Crippen LogP contribution in [0.4, 0.5) is 10.5 Å². The van der Waals surface area contributed by atoms with Gasteiger partial charge in [0.05, 0.1) is 28.6 Å². The molecule has 1 atom stereocenters. The summed E-state index contributed by atoms with van der Waals surface area (Å²) in [5.74, 6) is -0.277. The number of phenolic OH excluding ortho intramolecular Hbond substituents is 1. The third kappa shape index (κ3) is 8.72. The van der Waals surface area contributed by atoms with E-state index in [2.05, 4.69) is 30.8 Å². The number of hydrogen-bond acceptors (Lipinski definition) is 9. The molecule has 1 fully saturated rings. The number of nitrogens with one attached hydrogen (secondary N) is 4. The van der Waals surface area contributed by atoms with Crippen molar-refractivity contribution >= 4 is 28.6 Å². The molecule has 5 aromatic rings. The van der Waals surface area contributed by atoms with Gasteiger partial charge in [0.15, 0.2) is 0 Å². The van der Waals surface area contributed by atoms with Crippen LogP contribution >= 0.6 is 0 Å². The Morgan fingerprint density at radius 1 is 0.960 bits per heavy atom. The number of aromatic hydroxyl groups is 1. The number of aliphatic hydroxyl groups is 1. The van der Waals surface area contributed by atoms with Gasteiger partial charge in [0.25, 0.3) is 5.91 Å². The summed E-state index contributed by atoms with van der Waals surface area (Å²) in [6, 6.07) is 27.0. The van der Waals surface area contributed by atoms with Crippen molar-refractivity contribution in [2.75, 3.05) is 38.0 Å². The summed E-state index contributed by atoms with van der Waals surface area (Å²) in [5.41, 5.74) is 4.31. The number of aromatic nitrogens is 2. The summed E-state index contributed by atoms with van der Waals surface area (Å²) >= 11 is 0. The molecule has 0 saturated carbocycles. The first-order chi connectivity index (χ1) is 24.3. The van der Waals surface area contributed by atoms with E-state index >= 15 is 0 Å². The Morgan fingerprint density at radius 3 is 2.52 bits per heavy atom. The lowest BCUT2D eigenvalue weighted by atomic mass is 10.0. The second-order valence-corrected chi connectivity index (χ2v) is 12.2. The van der Waals surface area contributed by atoms with E-state index in [1.165, 1.54) is 18.3 Å². The molecule has 2 amide bonds. The first kappa shape index (κ1) is 34.3. The van der Waals surface area contributed by atoms with Gasteiger partial charge < -0.3 is 35.5 Å². The lowest BCUT2D eigenvalue weighted by Gasteiger charge is -2.31. The number of aliphatic hydroxyl groups excluding tert-OH is 1. The van der Waals surface area contributed by atoms with Crippen LogP contribution in [0.15, 0.2) is 102 Å². The number of nitrogens with zero attached hydrogens (tertiary/aromatic N) is 2. The van der Waals surface area contributed by atoms with Crippen LogP contribution in [0.2, 0.25) is 0 Å². The number of anilines is 1. The molecular weight excluding hydrogens is 636 g/mol. The Kier molecular flexibility index (Phi) is 11.1. The van der Waals surface area contributed by atoms with E-state index in [4.69, 9.17) is 4.74 Å². The van der Waals surface area contributed by atoms with Gasteiger partial charge in [-0.1, -0.05) is 54.6 Å². The number of carbonyl (C=O) groups excluding carboxylic acids is 2. The number of benzene rings is 3. The molecular formula is C38H40N6O6. The normalized spacial score (nSPS) is 14.3. The summed E-state index contributed by atoms with van der Waals surface area (Å²) in [5, 5.41) is 30.4. The maximum Gasteiger partial charge on any atom is 0.411 e. The maximum absolute atomic E-state index is 12.7. The topological polar surface area (TPSA) is 169 Å². The number of pyridine rings is 2. The van der Waals surface area contributed by atoms with E-state index in [1.54, 1.807) is 24.3 Å². The number of hydrogen-bond donors (Lipinski definition) is 6. The Balaban J connectivity index is 0.886. The van der Waals surface area contributed by atoms with E-state index in [1.807, 2.05) is 54.6 Å². The average Bonchev–Trinajstić information content (AvgIpc) is 3.13. The summed E-state index contributed by atoms with van der Waals surface area (Å²) in [4.78, 5) is 46.3. The average molecular weight is 677 g/mol. The van der Waals surface area contributed by atoms with Crippen molar-refractivity contribution in [2.45, 2.75) is 31.6 Å². The Morgan fingerprint density at radius 2 is 1.74 bits per heavy atom. The number of fused-ring (bicyclic) bond motifs is 1. The van der Waals surface area contributed by atoms with Crippen molar-refractivity contribution in [1.82, 2.24) is 25.5 Å². The fourth-order valence-electron chi connectivity index (χ4n) is 6.09. The van der Waals surface area contributed by atoms with Gasteiger partial charge in [-0.25, -0.2) is 4.79 Å². The summed E-state index contributed by atoms with van der Waals surface area (Å²) < 4.78 is 5.73. The monoisotopic (exact) mass is 676 g/mol. The smallest absolute Gasteiger partial charge is 0.411 e. The molecule has 1 aliphatic heterocycles. The van der Waals surface area contributed by atoms with Crippen LogP contribution in [0.3, 0.4) is 0 Å². The summed E-state index contributed by atoms with van der Waals surface area (Å²) in [6.07, 6.45) is 1.43. The molecule has 50 heavy (non-hydrogen) atoms. The van der Waals surface area contributed by atoms with Crippen molar-refractivity contribution in [1.29, 1.82) is 0 Å². The highest BCUT2D eigenvalue weighted by Gasteiger charge is 2.23. The van der Waals surface area contributed by atoms with Gasteiger partial charge >= 0.3 is 6.09 Å². The highest BCUT2D eigenvalue weighted by Crippen LogP contribution is 2.29. The SMILES string of the molecule is O=C(Nc1ccccc1-c1ccccc1)OC1CCN(CCNC(=O)c2ccc(CNC[C@@H](O)c3ccc(O)c4[nH]c(=O)ccc34)nc2)CC1. The predicted octanol–water partition coefficient (Wildman–Crippen LogP) is 4.56. The van der Waals surface area contributed by atoms with Crippen LogP contribution in [0.5, 0.6) is 5.75 Å². The molecule has 0 bridgehead atoms. The fraction of sp³-hybridized carbons (Fsp3) is 0.263. The number of para-hydroxylation sites is 1. The number of rotatable bonds is 12. The lowest BCUT2D eigenvalue weighted by molar-refractivity contribution is 0.0587. The highest BCUT2D eigenvalue weighted by molar-refractivity contribution is 5.94. The van der Waals surface area contributed by atoms with Crippen molar-refractivity contribution in [2.24, 2.45) is 0 Å². The van der Waals surface area contributed by atoms with E-state index < -0.39 is 12.2 Å². The van der Waals surface area contributed by atoms with E-state index in [0.29, 0.717) is 60.4 Å². The van der Waals surface area contributed by atoms with Crippen molar-refractivity contribution < 1.29 is 24.5 Å². The first-order valence-electron chi connectivity index (χ1n) is 16.7.